The number of rotatable bonds is 5. The largest absolute Gasteiger partial charge is 0.311 e. The second kappa shape index (κ2) is 6.50. The van der Waals surface area contributed by atoms with Crippen molar-refractivity contribution < 1.29 is 0 Å². The number of nitrogens with one attached hydrogen (secondary N) is 1. The van der Waals surface area contributed by atoms with Crippen LogP contribution in [0.4, 0.5) is 0 Å². The van der Waals surface area contributed by atoms with Crippen LogP contribution in [0.5, 0.6) is 0 Å². The Kier molecular flexibility index (Phi) is 4.66. The molecule has 1 aliphatic heterocycles. The fourth-order valence-electron chi connectivity index (χ4n) is 3.81. The Morgan fingerprint density at radius 3 is 2.52 bits per heavy atom. The van der Waals surface area contributed by atoms with Gasteiger partial charge >= 0.3 is 0 Å². The molecule has 2 heteroatoms. The first kappa shape index (κ1) is 15.1. The molecule has 0 amide bonds. The van der Waals surface area contributed by atoms with Gasteiger partial charge in [0.15, 0.2) is 0 Å². The molecule has 2 aliphatic rings. The van der Waals surface area contributed by atoms with Gasteiger partial charge in [0, 0.05) is 31.7 Å². The van der Waals surface area contributed by atoms with Crippen LogP contribution in [0.15, 0.2) is 18.2 Å². The standard InChI is InChI=1S/C19H30N2/c1-4-6-17-11-20-19(16-9-10-16)13-21(17)12-18-14(2)7-5-8-15(18)3/h5,7-8,16-17,19-20H,4,6,9-13H2,1-3H3. The average molecular weight is 286 g/mol. The summed E-state index contributed by atoms with van der Waals surface area (Å²) >= 11 is 0. The van der Waals surface area contributed by atoms with Crippen LogP contribution in [0.2, 0.25) is 0 Å². The molecular weight excluding hydrogens is 256 g/mol. The first-order chi connectivity index (χ1) is 10.2. The van der Waals surface area contributed by atoms with Gasteiger partial charge in [-0.15, -0.1) is 0 Å². The van der Waals surface area contributed by atoms with Gasteiger partial charge in [-0.2, -0.15) is 0 Å². The molecule has 0 spiro atoms. The van der Waals surface area contributed by atoms with Crippen LogP contribution in [0, 0.1) is 19.8 Å². The van der Waals surface area contributed by atoms with Gasteiger partial charge in [0.25, 0.3) is 0 Å². The maximum atomic E-state index is 3.82. The molecule has 2 nitrogen and oxygen atoms in total. The molecule has 1 aromatic carbocycles. The first-order valence-corrected chi connectivity index (χ1v) is 8.71. The van der Waals surface area contributed by atoms with E-state index >= 15 is 0 Å². The molecule has 116 valence electrons. The van der Waals surface area contributed by atoms with Gasteiger partial charge in [-0.3, -0.25) is 4.90 Å². The lowest BCUT2D eigenvalue weighted by molar-refractivity contribution is 0.107. The van der Waals surface area contributed by atoms with Crippen LogP contribution >= 0.6 is 0 Å². The summed E-state index contributed by atoms with van der Waals surface area (Å²) in [6, 6.07) is 8.16. The van der Waals surface area contributed by atoms with Crippen molar-refractivity contribution in [2.75, 3.05) is 13.1 Å². The summed E-state index contributed by atoms with van der Waals surface area (Å²) in [7, 11) is 0. The third-order valence-electron chi connectivity index (χ3n) is 5.38. The van der Waals surface area contributed by atoms with Crippen molar-refractivity contribution in [1.82, 2.24) is 10.2 Å². The lowest BCUT2D eigenvalue weighted by Crippen LogP contribution is -2.56. The minimum atomic E-state index is 0.712. The lowest BCUT2D eigenvalue weighted by atomic mass is 9.98. The summed E-state index contributed by atoms with van der Waals surface area (Å²) in [6.45, 7) is 10.4. The normalized spacial score (nSPS) is 27.0. The van der Waals surface area contributed by atoms with E-state index in [9.17, 15) is 0 Å². The number of piperazine rings is 1. The van der Waals surface area contributed by atoms with E-state index in [4.69, 9.17) is 0 Å². The predicted octanol–water partition coefficient (Wildman–Crippen LogP) is 3.66. The number of nitrogens with zero attached hydrogens (tertiary/aromatic N) is 1. The molecule has 2 unspecified atom stereocenters. The highest BCUT2D eigenvalue weighted by molar-refractivity contribution is 5.33. The average Bonchev–Trinajstić information content (AvgIpc) is 3.29. The van der Waals surface area contributed by atoms with Crippen molar-refractivity contribution in [2.45, 2.75) is 65.1 Å². The quantitative estimate of drug-likeness (QED) is 0.888. The fraction of sp³-hybridized carbons (Fsp3) is 0.684. The van der Waals surface area contributed by atoms with Crippen LogP contribution in [0.3, 0.4) is 0 Å². The van der Waals surface area contributed by atoms with E-state index in [-0.39, 0.29) is 0 Å². The minimum Gasteiger partial charge on any atom is -0.311 e. The monoisotopic (exact) mass is 286 g/mol. The third-order valence-corrected chi connectivity index (χ3v) is 5.38. The molecule has 1 saturated carbocycles. The Morgan fingerprint density at radius 2 is 1.90 bits per heavy atom. The Hall–Kier alpha value is -0.860. The van der Waals surface area contributed by atoms with Crippen LogP contribution in [0.25, 0.3) is 0 Å². The second-order valence-electron chi connectivity index (χ2n) is 7.09. The van der Waals surface area contributed by atoms with Gasteiger partial charge in [0.05, 0.1) is 0 Å². The SMILES string of the molecule is CCCC1CNC(C2CC2)CN1Cc1c(C)cccc1C. The first-order valence-electron chi connectivity index (χ1n) is 8.71. The summed E-state index contributed by atoms with van der Waals surface area (Å²) in [6.07, 6.45) is 5.47. The maximum absolute atomic E-state index is 3.82. The molecular formula is C19H30N2. The smallest absolute Gasteiger partial charge is 0.0243 e. The summed E-state index contributed by atoms with van der Waals surface area (Å²) in [5.41, 5.74) is 4.45. The summed E-state index contributed by atoms with van der Waals surface area (Å²) < 4.78 is 0. The Morgan fingerprint density at radius 1 is 1.19 bits per heavy atom. The van der Waals surface area contributed by atoms with E-state index in [0.717, 1.165) is 18.5 Å². The van der Waals surface area contributed by atoms with E-state index in [2.05, 4.69) is 49.2 Å². The van der Waals surface area contributed by atoms with Crippen molar-refractivity contribution in [3.05, 3.63) is 34.9 Å². The highest BCUT2D eigenvalue weighted by Gasteiger charge is 2.36. The number of aryl methyl sites for hydroxylation is 2. The number of hydrogen-bond donors (Lipinski definition) is 1. The molecule has 1 heterocycles. The van der Waals surface area contributed by atoms with E-state index in [1.165, 1.54) is 49.9 Å². The second-order valence-corrected chi connectivity index (χ2v) is 7.09. The molecule has 1 N–H and O–H groups in total. The fourth-order valence-corrected chi connectivity index (χ4v) is 3.81. The highest BCUT2D eigenvalue weighted by Crippen LogP contribution is 2.35. The van der Waals surface area contributed by atoms with Gasteiger partial charge in [0.2, 0.25) is 0 Å². The van der Waals surface area contributed by atoms with Gasteiger partial charge in [-0.1, -0.05) is 31.5 Å². The summed E-state index contributed by atoms with van der Waals surface area (Å²) in [5.74, 6) is 0.952. The van der Waals surface area contributed by atoms with Gasteiger partial charge < -0.3 is 5.32 Å². The molecule has 2 fully saturated rings. The van der Waals surface area contributed by atoms with E-state index in [1.807, 2.05) is 0 Å². The Balaban J connectivity index is 1.74. The number of benzene rings is 1. The molecule has 0 bridgehead atoms. The van der Waals surface area contributed by atoms with E-state index < -0.39 is 0 Å². The van der Waals surface area contributed by atoms with Gasteiger partial charge in [0.1, 0.15) is 0 Å². The summed E-state index contributed by atoms with van der Waals surface area (Å²) in [4.78, 5) is 2.76. The third kappa shape index (κ3) is 3.49. The lowest BCUT2D eigenvalue weighted by Gasteiger charge is -2.41. The molecule has 1 aromatic rings. The topological polar surface area (TPSA) is 15.3 Å². The molecule has 0 radical (unpaired) electrons. The van der Waals surface area contributed by atoms with Crippen molar-refractivity contribution in [3.63, 3.8) is 0 Å². The maximum Gasteiger partial charge on any atom is 0.0243 e. The molecule has 1 saturated heterocycles. The van der Waals surface area contributed by atoms with Gasteiger partial charge in [-0.25, -0.2) is 0 Å². The van der Waals surface area contributed by atoms with Crippen molar-refractivity contribution in [3.8, 4) is 0 Å². The van der Waals surface area contributed by atoms with Crippen LogP contribution in [-0.2, 0) is 6.54 Å². The van der Waals surface area contributed by atoms with Crippen LogP contribution in [0.1, 0.15) is 49.3 Å². The molecule has 0 aromatic heterocycles. The Labute approximate surface area is 129 Å². The molecule has 2 atom stereocenters. The zero-order valence-electron chi connectivity index (χ0n) is 13.9. The zero-order chi connectivity index (χ0) is 14.8. The number of hydrogen-bond acceptors (Lipinski definition) is 2. The van der Waals surface area contributed by atoms with Crippen LogP contribution < -0.4 is 5.32 Å². The Bertz CT molecular complexity index is 458. The molecule has 1 aliphatic carbocycles. The van der Waals surface area contributed by atoms with Crippen LogP contribution in [-0.4, -0.2) is 30.1 Å². The predicted molar refractivity (Wildman–Crippen MR) is 89.5 cm³/mol. The van der Waals surface area contributed by atoms with E-state index in [0.29, 0.717) is 6.04 Å². The minimum absolute atomic E-state index is 0.712. The molecule has 3 rings (SSSR count). The van der Waals surface area contributed by atoms with Crippen molar-refractivity contribution in [2.24, 2.45) is 5.92 Å². The van der Waals surface area contributed by atoms with Crippen molar-refractivity contribution >= 4 is 0 Å². The zero-order valence-corrected chi connectivity index (χ0v) is 13.9. The highest BCUT2D eigenvalue weighted by atomic mass is 15.2. The van der Waals surface area contributed by atoms with Gasteiger partial charge in [-0.05, 0) is 55.7 Å². The van der Waals surface area contributed by atoms with Crippen molar-refractivity contribution in [1.29, 1.82) is 0 Å². The van der Waals surface area contributed by atoms with E-state index in [1.54, 1.807) is 5.56 Å². The summed E-state index contributed by atoms with van der Waals surface area (Å²) in [5, 5.41) is 3.82. The molecule has 21 heavy (non-hydrogen) atoms.